The molecule has 0 aromatic rings. The van der Waals surface area contributed by atoms with Gasteiger partial charge in [-0.2, -0.15) is 0 Å². The number of hydrogen-bond acceptors (Lipinski definition) is 2. The average Bonchev–Trinajstić information content (AvgIpc) is 3.11. The van der Waals surface area contributed by atoms with Crippen molar-refractivity contribution in [1.82, 2.24) is 0 Å². The zero-order valence-corrected chi connectivity index (χ0v) is 22.5. The zero-order chi connectivity index (χ0) is 24.0. The van der Waals surface area contributed by atoms with Gasteiger partial charge < -0.3 is 4.74 Å². The van der Waals surface area contributed by atoms with Gasteiger partial charge in [0.05, 0.1) is 0 Å². The quantitative estimate of drug-likeness (QED) is 0.297. The Kier molecular flexibility index (Phi) is 7.24. The fourth-order valence-corrected chi connectivity index (χ4v) is 9.15. The summed E-state index contributed by atoms with van der Waals surface area (Å²) in [4.78, 5) is 11.5. The lowest BCUT2D eigenvalue weighted by Crippen LogP contribution is -2.51. The standard InChI is InChI=1S/C31H50O2/c1-8-23(20(2)3)10-9-21(4)27-13-14-28-26-12-11-24-19-25(33-22(5)32)15-17-30(24,6)29(26)16-18-31(27,28)7/h9-11,20-21,23,25-29H,8,12-19H2,1-7H3/b10-9+/t21-,23-,25+,26+,27-,28-,29-,30+,31-/m1/s1. The summed E-state index contributed by atoms with van der Waals surface area (Å²) in [6.07, 6.45) is 19.2. The van der Waals surface area contributed by atoms with E-state index in [1.165, 1.54) is 44.9 Å². The monoisotopic (exact) mass is 454 g/mol. The third-order valence-electron chi connectivity index (χ3n) is 11.1. The second-order valence-corrected chi connectivity index (χ2v) is 13.0. The molecule has 0 radical (unpaired) electrons. The van der Waals surface area contributed by atoms with Crippen LogP contribution in [0.5, 0.6) is 0 Å². The highest BCUT2D eigenvalue weighted by atomic mass is 16.5. The van der Waals surface area contributed by atoms with Gasteiger partial charge in [-0.3, -0.25) is 4.79 Å². The molecule has 2 nitrogen and oxygen atoms in total. The number of hydrogen-bond donors (Lipinski definition) is 0. The Morgan fingerprint density at radius 2 is 1.85 bits per heavy atom. The Bertz CT molecular complexity index is 778. The van der Waals surface area contributed by atoms with Crippen molar-refractivity contribution in [2.24, 2.45) is 52.3 Å². The van der Waals surface area contributed by atoms with E-state index in [-0.39, 0.29) is 12.1 Å². The first kappa shape index (κ1) is 25.1. The number of fused-ring (bicyclic) bond motifs is 5. The Hall–Kier alpha value is -1.05. The molecule has 0 heterocycles. The van der Waals surface area contributed by atoms with Crippen molar-refractivity contribution in [3.63, 3.8) is 0 Å². The van der Waals surface area contributed by atoms with Crippen molar-refractivity contribution < 1.29 is 9.53 Å². The fourth-order valence-electron chi connectivity index (χ4n) is 9.15. The van der Waals surface area contributed by atoms with Crippen molar-refractivity contribution in [3.8, 4) is 0 Å². The minimum absolute atomic E-state index is 0.105. The predicted octanol–water partition coefficient (Wildman–Crippen LogP) is 8.37. The molecule has 0 amide bonds. The van der Waals surface area contributed by atoms with E-state index in [4.69, 9.17) is 4.74 Å². The third-order valence-corrected chi connectivity index (χ3v) is 11.1. The summed E-state index contributed by atoms with van der Waals surface area (Å²) in [5, 5.41) is 0. The zero-order valence-electron chi connectivity index (χ0n) is 22.5. The topological polar surface area (TPSA) is 26.3 Å². The first-order valence-electron chi connectivity index (χ1n) is 14.1. The molecule has 0 unspecified atom stereocenters. The van der Waals surface area contributed by atoms with Gasteiger partial charge in [0.2, 0.25) is 0 Å². The van der Waals surface area contributed by atoms with Crippen LogP contribution in [0.1, 0.15) is 106 Å². The van der Waals surface area contributed by atoms with E-state index in [9.17, 15) is 4.79 Å². The van der Waals surface area contributed by atoms with Crippen LogP contribution in [0.2, 0.25) is 0 Å². The van der Waals surface area contributed by atoms with E-state index in [1.807, 2.05) is 0 Å². The number of esters is 1. The molecular formula is C31H50O2. The highest BCUT2D eigenvalue weighted by Crippen LogP contribution is 2.67. The molecule has 33 heavy (non-hydrogen) atoms. The maximum absolute atomic E-state index is 11.5. The Morgan fingerprint density at radius 3 is 2.52 bits per heavy atom. The van der Waals surface area contributed by atoms with Gasteiger partial charge in [0, 0.05) is 13.3 Å². The SMILES string of the molecule is CC[C@H](/C=C/[C@@H](C)[C@H]1CC[C@@H]2[C@@H]3CC=C4C[C@@H](OC(C)=O)CC[C@]4(C)[C@@H]3CC[C@@]21C)C(C)C. The molecule has 4 aliphatic rings. The molecule has 4 rings (SSSR count). The molecule has 4 aliphatic carbocycles. The minimum Gasteiger partial charge on any atom is -0.462 e. The molecular weight excluding hydrogens is 404 g/mol. The molecule has 0 bridgehead atoms. The molecule has 0 saturated heterocycles. The lowest BCUT2D eigenvalue weighted by Gasteiger charge is -2.58. The number of ether oxygens (including phenoxy) is 1. The van der Waals surface area contributed by atoms with Gasteiger partial charge in [0.15, 0.2) is 0 Å². The van der Waals surface area contributed by atoms with Gasteiger partial charge in [0.25, 0.3) is 0 Å². The molecule has 0 N–H and O–H groups in total. The number of allylic oxidation sites excluding steroid dienone is 3. The van der Waals surface area contributed by atoms with E-state index in [2.05, 4.69) is 59.8 Å². The van der Waals surface area contributed by atoms with Crippen molar-refractivity contribution in [3.05, 3.63) is 23.8 Å². The van der Waals surface area contributed by atoms with E-state index in [0.717, 1.165) is 48.3 Å². The number of carbonyl (C=O) groups excluding carboxylic acids is 1. The van der Waals surface area contributed by atoms with Crippen LogP contribution in [-0.4, -0.2) is 12.1 Å². The predicted molar refractivity (Wildman–Crippen MR) is 138 cm³/mol. The highest BCUT2D eigenvalue weighted by molar-refractivity contribution is 5.66. The Balaban J connectivity index is 1.49. The van der Waals surface area contributed by atoms with Gasteiger partial charge in [-0.1, -0.05) is 65.3 Å². The Labute approximate surface area is 204 Å². The van der Waals surface area contributed by atoms with Crippen LogP contribution in [0.25, 0.3) is 0 Å². The Morgan fingerprint density at radius 1 is 1.09 bits per heavy atom. The second kappa shape index (κ2) is 9.54. The van der Waals surface area contributed by atoms with Crippen LogP contribution in [0.4, 0.5) is 0 Å². The summed E-state index contributed by atoms with van der Waals surface area (Å²) in [6, 6.07) is 0. The van der Waals surface area contributed by atoms with E-state index >= 15 is 0 Å². The largest absolute Gasteiger partial charge is 0.462 e. The molecule has 0 aromatic heterocycles. The van der Waals surface area contributed by atoms with Gasteiger partial charge >= 0.3 is 5.97 Å². The molecule has 0 aromatic carbocycles. The van der Waals surface area contributed by atoms with Gasteiger partial charge in [-0.05, 0) is 104 Å². The van der Waals surface area contributed by atoms with Gasteiger partial charge in [0.1, 0.15) is 6.10 Å². The van der Waals surface area contributed by atoms with E-state index in [0.29, 0.717) is 16.7 Å². The summed E-state index contributed by atoms with van der Waals surface area (Å²) in [7, 11) is 0. The molecule has 0 spiro atoms. The molecule has 3 fully saturated rings. The minimum atomic E-state index is -0.120. The van der Waals surface area contributed by atoms with Crippen LogP contribution in [0.15, 0.2) is 23.8 Å². The van der Waals surface area contributed by atoms with Crippen LogP contribution in [-0.2, 0) is 9.53 Å². The summed E-state index contributed by atoms with van der Waals surface area (Å²) >= 11 is 0. The van der Waals surface area contributed by atoms with Crippen LogP contribution < -0.4 is 0 Å². The van der Waals surface area contributed by atoms with E-state index in [1.54, 1.807) is 12.5 Å². The number of carbonyl (C=O) groups is 1. The third kappa shape index (κ3) is 4.50. The van der Waals surface area contributed by atoms with Gasteiger partial charge in [-0.25, -0.2) is 0 Å². The second-order valence-electron chi connectivity index (χ2n) is 13.0. The van der Waals surface area contributed by atoms with Crippen LogP contribution >= 0.6 is 0 Å². The first-order valence-corrected chi connectivity index (χ1v) is 14.1. The first-order chi connectivity index (χ1) is 15.6. The maximum atomic E-state index is 11.5. The molecule has 3 saturated carbocycles. The lowest BCUT2D eigenvalue weighted by atomic mass is 9.47. The normalized spacial score (nSPS) is 42.3. The summed E-state index contributed by atoms with van der Waals surface area (Å²) in [5.41, 5.74) is 2.44. The van der Waals surface area contributed by atoms with E-state index < -0.39 is 0 Å². The molecule has 186 valence electrons. The van der Waals surface area contributed by atoms with Crippen molar-refractivity contribution in [1.29, 1.82) is 0 Å². The lowest BCUT2D eigenvalue weighted by molar-refractivity contribution is -0.148. The molecule has 2 heteroatoms. The average molecular weight is 455 g/mol. The smallest absolute Gasteiger partial charge is 0.302 e. The highest BCUT2D eigenvalue weighted by Gasteiger charge is 2.59. The van der Waals surface area contributed by atoms with Crippen LogP contribution in [0.3, 0.4) is 0 Å². The van der Waals surface area contributed by atoms with Crippen molar-refractivity contribution in [2.75, 3.05) is 0 Å². The summed E-state index contributed by atoms with van der Waals surface area (Å²) in [5.74, 6) is 5.41. The molecule has 0 aliphatic heterocycles. The fraction of sp³-hybridized carbons (Fsp3) is 0.839. The van der Waals surface area contributed by atoms with Crippen LogP contribution in [0, 0.1) is 52.3 Å². The summed E-state index contributed by atoms with van der Waals surface area (Å²) in [6.45, 7) is 16.3. The van der Waals surface area contributed by atoms with Crippen molar-refractivity contribution in [2.45, 2.75) is 112 Å². The number of rotatable bonds is 6. The maximum Gasteiger partial charge on any atom is 0.302 e. The summed E-state index contributed by atoms with van der Waals surface area (Å²) < 4.78 is 5.62. The van der Waals surface area contributed by atoms with Crippen molar-refractivity contribution >= 4 is 5.97 Å². The molecule has 9 atom stereocenters. The van der Waals surface area contributed by atoms with Gasteiger partial charge in [-0.15, -0.1) is 0 Å².